The van der Waals surface area contributed by atoms with Crippen LogP contribution in [-0.2, 0) is 16.8 Å². The van der Waals surface area contributed by atoms with Crippen molar-refractivity contribution in [3.8, 4) is 11.5 Å². The summed E-state index contributed by atoms with van der Waals surface area (Å²) in [4.78, 5) is 33.2. The Kier molecular flexibility index (Phi) is 3.65. The molecule has 0 saturated carbocycles. The predicted molar refractivity (Wildman–Crippen MR) is 108 cm³/mol. The summed E-state index contributed by atoms with van der Waals surface area (Å²) in [6.45, 7) is 2.29. The van der Waals surface area contributed by atoms with Crippen LogP contribution in [0, 0.1) is 0 Å². The molecule has 3 amide bonds. The fourth-order valence-electron chi connectivity index (χ4n) is 4.52. The lowest BCUT2D eigenvalue weighted by Crippen LogP contribution is -2.49. The summed E-state index contributed by atoms with van der Waals surface area (Å²) < 4.78 is 10.6. The Hall–Kier alpha value is -3.48. The normalized spacial score (nSPS) is 20.8. The largest absolute Gasteiger partial charge is 0.497 e. The number of carbonyl (C=O) groups excluding carboxylic acids is 2. The molecule has 7 nitrogen and oxygen atoms in total. The van der Waals surface area contributed by atoms with E-state index in [0.29, 0.717) is 24.4 Å². The molecule has 5 rings (SSSR count). The maximum atomic E-state index is 13.6. The van der Waals surface area contributed by atoms with E-state index in [2.05, 4.69) is 4.98 Å². The van der Waals surface area contributed by atoms with E-state index in [1.54, 1.807) is 43.4 Å². The second-order valence-corrected chi connectivity index (χ2v) is 7.49. The van der Waals surface area contributed by atoms with Gasteiger partial charge >= 0.3 is 6.03 Å². The summed E-state index contributed by atoms with van der Waals surface area (Å²) in [6.07, 6.45) is 0.670. The Morgan fingerprint density at radius 2 is 1.79 bits per heavy atom. The van der Waals surface area contributed by atoms with Gasteiger partial charge in [-0.2, -0.15) is 0 Å². The van der Waals surface area contributed by atoms with Gasteiger partial charge in [0, 0.05) is 23.5 Å². The molecule has 2 aliphatic rings. The molecule has 2 aromatic carbocycles. The first-order valence-electron chi connectivity index (χ1n) is 9.48. The fourth-order valence-corrected chi connectivity index (χ4v) is 4.52. The van der Waals surface area contributed by atoms with Crippen molar-refractivity contribution in [2.45, 2.75) is 18.9 Å². The number of ether oxygens (including phenoxy) is 2. The number of anilines is 1. The number of aromatic nitrogens is 1. The quantitative estimate of drug-likeness (QED) is 0.694. The van der Waals surface area contributed by atoms with E-state index in [1.165, 1.54) is 4.90 Å². The van der Waals surface area contributed by atoms with Gasteiger partial charge in [-0.25, -0.2) is 9.69 Å². The number of amides is 3. The highest BCUT2D eigenvalue weighted by Gasteiger charge is 2.59. The zero-order valence-electron chi connectivity index (χ0n) is 16.5. The molecule has 3 aromatic rings. The van der Waals surface area contributed by atoms with Crippen LogP contribution >= 0.6 is 0 Å². The highest BCUT2D eigenvalue weighted by molar-refractivity contribution is 6.23. The Balaban J connectivity index is 1.66. The van der Waals surface area contributed by atoms with Crippen molar-refractivity contribution in [1.82, 2.24) is 9.88 Å². The van der Waals surface area contributed by atoms with Crippen LogP contribution in [0.4, 0.5) is 10.5 Å². The molecule has 1 fully saturated rings. The number of aromatic amines is 1. The number of hydrogen-bond donors (Lipinski definition) is 1. The third-order valence-corrected chi connectivity index (χ3v) is 6.08. The van der Waals surface area contributed by atoms with Crippen LogP contribution in [0.5, 0.6) is 11.5 Å². The summed E-state index contributed by atoms with van der Waals surface area (Å²) in [5, 5.41) is 1.03. The number of benzene rings is 2. The third kappa shape index (κ3) is 2.24. The molecule has 1 atom stereocenters. The van der Waals surface area contributed by atoms with Crippen LogP contribution in [0.2, 0.25) is 0 Å². The lowest BCUT2D eigenvalue weighted by Gasteiger charge is -2.35. The molecule has 3 heterocycles. The summed E-state index contributed by atoms with van der Waals surface area (Å²) in [7, 11) is 3.19. The van der Waals surface area contributed by atoms with E-state index in [0.717, 1.165) is 27.9 Å². The SMILES string of the molecule is COc1cccc(N2C(=O)N3CCc4c([nH]c5ccc(OC)cc45)[C@]3(C)C2=O)c1. The summed E-state index contributed by atoms with van der Waals surface area (Å²) >= 11 is 0. The number of nitrogens with zero attached hydrogens (tertiary/aromatic N) is 2. The van der Waals surface area contributed by atoms with Crippen molar-refractivity contribution in [2.75, 3.05) is 25.7 Å². The lowest BCUT2D eigenvalue weighted by atomic mass is 9.87. The predicted octanol–water partition coefficient (Wildman–Crippen LogP) is 3.43. The summed E-state index contributed by atoms with van der Waals surface area (Å²) in [5.41, 5.74) is 2.19. The minimum absolute atomic E-state index is 0.268. The molecule has 0 aliphatic carbocycles. The van der Waals surface area contributed by atoms with Gasteiger partial charge in [-0.15, -0.1) is 0 Å². The average molecular weight is 391 g/mol. The van der Waals surface area contributed by atoms with Crippen LogP contribution in [-0.4, -0.2) is 42.6 Å². The standard InChI is InChI=1S/C22H21N3O4/c1-22-19-16(17-12-15(29-3)7-8-18(17)23-19)9-10-24(22)21(27)25(20(22)26)13-5-4-6-14(11-13)28-2/h4-8,11-12,23H,9-10H2,1-3H3/t22-/m1/s1. The molecule has 7 heteroatoms. The molecule has 1 saturated heterocycles. The smallest absolute Gasteiger partial charge is 0.332 e. The molecule has 0 spiro atoms. The second kappa shape index (κ2) is 6.01. The van der Waals surface area contributed by atoms with Gasteiger partial charge in [-0.1, -0.05) is 6.07 Å². The monoisotopic (exact) mass is 391 g/mol. The number of rotatable bonds is 3. The van der Waals surface area contributed by atoms with Gasteiger partial charge in [0.1, 0.15) is 11.5 Å². The van der Waals surface area contributed by atoms with E-state index in [4.69, 9.17) is 9.47 Å². The fraction of sp³-hybridized carbons (Fsp3) is 0.273. The highest BCUT2D eigenvalue weighted by atomic mass is 16.5. The van der Waals surface area contributed by atoms with Crippen molar-refractivity contribution >= 4 is 28.5 Å². The molecule has 1 aromatic heterocycles. The van der Waals surface area contributed by atoms with E-state index in [1.807, 2.05) is 25.1 Å². The number of fused-ring (bicyclic) bond motifs is 5. The van der Waals surface area contributed by atoms with Gasteiger partial charge in [0.2, 0.25) is 0 Å². The molecule has 148 valence electrons. The molecule has 0 bridgehead atoms. The first-order chi connectivity index (χ1) is 14.0. The topological polar surface area (TPSA) is 74.9 Å². The van der Waals surface area contributed by atoms with Crippen molar-refractivity contribution in [1.29, 1.82) is 0 Å². The van der Waals surface area contributed by atoms with Gasteiger partial charge < -0.3 is 19.4 Å². The average Bonchev–Trinajstić information content (AvgIpc) is 3.21. The molecular formula is C22H21N3O4. The number of imide groups is 1. The first-order valence-corrected chi connectivity index (χ1v) is 9.48. The van der Waals surface area contributed by atoms with Crippen molar-refractivity contribution in [3.05, 3.63) is 53.7 Å². The Morgan fingerprint density at radius 1 is 1.03 bits per heavy atom. The number of nitrogens with one attached hydrogen (secondary N) is 1. The number of hydrogen-bond acceptors (Lipinski definition) is 4. The van der Waals surface area contributed by atoms with E-state index in [9.17, 15) is 9.59 Å². The first kappa shape index (κ1) is 17.6. The molecular weight excluding hydrogens is 370 g/mol. The lowest BCUT2D eigenvalue weighted by molar-refractivity contribution is -0.125. The minimum atomic E-state index is -1.08. The minimum Gasteiger partial charge on any atom is -0.497 e. The van der Waals surface area contributed by atoms with Crippen LogP contribution in [0.1, 0.15) is 18.2 Å². The van der Waals surface area contributed by atoms with Crippen molar-refractivity contribution < 1.29 is 19.1 Å². The summed E-state index contributed by atoms with van der Waals surface area (Å²) in [6, 6.07) is 12.5. The van der Waals surface area contributed by atoms with Gasteiger partial charge in [0.15, 0.2) is 5.54 Å². The van der Waals surface area contributed by atoms with Gasteiger partial charge in [0.25, 0.3) is 5.91 Å². The van der Waals surface area contributed by atoms with Crippen molar-refractivity contribution in [2.24, 2.45) is 0 Å². The van der Waals surface area contributed by atoms with Crippen LogP contribution in [0.25, 0.3) is 10.9 Å². The molecule has 1 N–H and O–H groups in total. The van der Waals surface area contributed by atoms with Gasteiger partial charge in [-0.05, 0) is 49.2 Å². The maximum absolute atomic E-state index is 13.6. The number of carbonyl (C=O) groups is 2. The molecule has 2 aliphatic heterocycles. The van der Waals surface area contributed by atoms with E-state index < -0.39 is 5.54 Å². The van der Waals surface area contributed by atoms with Gasteiger partial charge in [-0.3, -0.25) is 4.79 Å². The Bertz CT molecular complexity index is 1170. The van der Waals surface area contributed by atoms with Crippen LogP contribution < -0.4 is 14.4 Å². The Morgan fingerprint density at radius 3 is 2.55 bits per heavy atom. The number of urea groups is 1. The molecule has 0 unspecified atom stereocenters. The van der Waals surface area contributed by atoms with Gasteiger partial charge in [0.05, 0.1) is 25.6 Å². The van der Waals surface area contributed by atoms with E-state index in [-0.39, 0.29) is 11.9 Å². The summed E-state index contributed by atoms with van der Waals surface area (Å²) in [5.74, 6) is 1.09. The number of H-pyrrole nitrogens is 1. The van der Waals surface area contributed by atoms with E-state index >= 15 is 0 Å². The molecule has 29 heavy (non-hydrogen) atoms. The third-order valence-electron chi connectivity index (χ3n) is 6.08. The maximum Gasteiger partial charge on any atom is 0.332 e. The zero-order valence-corrected chi connectivity index (χ0v) is 16.5. The second-order valence-electron chi connectivity index (χ2n) is 7.49. The van der Waals surface area contributed by atoms with Crippen LogP contribution in [0.15, 0.2) is 42.5 Å². The van der Waals surface area contributed by atoms with Crippen molar-refractivity contribution in [3.63, 3.8) is 0 Å². The van der Waals surface area contributed by atoms with Crippen LogP contribution in [0.3, 0.4) is 0 Å². The zero-order chi connectivity index (χ0) is 20.3. The number of methoxy groups -OCH3 is 2. The molecule has 0 radical (unpaired) electrons. The highest BCUT2D eigenvalue weighted by Crippen LogP contribution is 2.45. The Labute approximate surface area is 167 Å².